The lowest BCUT2D eigenvalue weighted by molar-refractivity contribution is -0.127. The zero-order valence-corrected chi connectivity index (χ0v) is 19.8. The molecule has 3 aromatic carbocycles. The molecule has 0 N–H and O–H groups in total. The first-order valence-corrected chi connectivity index (χ1v) is 11.9. The van der Waals surface area contributed by atoms with E-state index in [2.05, 4.69) is 0 Å². The van der Waals surface area contributed by atoms with E-state index in [0.717, 1.165) is 10.5 Å². The summed E-state index contributed by atoms with van der Waals surface area (Å²) in [5, 5.41) is 0. The molecule has 0 saturated carbocycles. The van der Waals surface area contributed by atoms with Crippen LogP contribution in [0, 0.1) is 18.8 Å². The summed E-state index contributed by atoms with van der Waals surface area (Å²) in [7, 11) is 0. The molecule has 0 bridgehead atoms. The van der Waals surface area contributed by atoms with Crippen LogP contribution in [-0.4, -0.2) is 35.6 Å². The third-order valence-electron chi connectivity index (χ3n) is 7.33. The predicted molar refractivity (Wildman–Crippen MR) is 130 cm³/mol. The summed E-state index contributed by atoms with van der Waals surface area (Å²) >= 11 is 0. The Morgan fingerprint density at radius 2 is 1.44 bits per heavy atom. The molecule has 6 rings (SSSR count). The van der Waals surface area contributed by atoms with Crippen LogP contribution in [0.25, 0.3) is 0 Å². The fraction of sp³-hybridized carbons (Fsp3) is 0.241. The molecular formula is C29H23NO6. The van der Waals surface area contributed by atoms with Crippen LogP contribution in [0.1, 0.15) is 44.9 Å². The first-order valence-electron chi connectivity index (χ1n) is 11.9. The molecule has 3 aliphatic rings. The number of nitrogens with zero attached hydrogens (tertiary/aromatic N) is 1. The first kappa shape index (κ1) is 22.4. The molecule has 1 spiro atoms. The molecule has 1 aliphatic carbocycles. The van der Waals surface area contributed by atoms with Gasteiger partial charge in [0, 0.05) is 11.1 Å². The van der Waals surface area contributed by atoms with E-state index in [0.29, 0.717) is 23.6 Å². The minimum Gasteiger partial charge on any atom is -0.494 e. The summed E-state index contributed by atoms with van der Waals surface area (Å²) in [6.45, 7) is 4.27. The molecule has 180 valence electrons. The van der Waals surface area contributed by atoms with Gasteiger partial charge in [0.05, 0.1) is 30.2 Å². The zero-order valence-electron chi connectivity index (χ0n) is 19.8. The van der Waals surface area contributed by atoms with E-state index >= 15 is 0 Å². The Bertz CT molecular complexity index is 1390. The lowest BCUT2D eigenvalue weighted by Gasteiger charge is -2.27. The van der Waals surface area contributed by atoms with E-state index in [1.807, 2.05) is 26.0 Å². The maximum Gasteiger partial charge on any atom is 0.241 e. The second-order valence-electron chi connectivity index (χ2n) is 9.33. The van der Waals surface area contributed by atoms with E-state index in [-0.39, 0.29) is 11.1 Å². The topological polar surface area (TPSA) is 90.0 Å². The Balaban J connectivity index is 1.50. The number of amides is 2. The maximum atomic E-state index is 13.9. The SMILES string of the molecule is CCOc1ccc(C2OC3(C(=O)c4ccccc4C3=O)C3C(=O)N(c4ccc(C)cc4)C(=O)C23)cc1. The van der Waals surface area contributed by atoms with Crippen molar-refractivity contribution in [2.75, 3.05) is 11.5 Å². The third kappa shape index (κ3) is 2.89. The highest BCUT2D eigenvalue weighted by Gasteiger charge is 2.74. The van der Waals surface area contributed by atoms with Crippen LogP contribution in [-0.2, 0) is 14.3 Å². The van der Waals surface area contributed by atoms with Gasteiger partial charge in [0.25, 0.3) is 0 Å². The summed E-state index contributed by atoms with van der Waals surface area (Å²) in [4.78, 5) is 56.4. The normalized spacial score (nSPS) is 23.9. The van der Waals surface area contributed by atoms with Crippen molar-refractivity contribution in [3.63, 3.8) is 0 Å². The van der Waals surface area contributed by atoms with Crippen molar-refractivity contribution >= 4 is 29.1 Å². The second kappa shape index (κ2) is 7.96. The highest BCUT2D eigenvalue weighted by molar-refractivity contribution is 6.37. The molecule has 2 saturated heterocycles. The average molecular weight is 482 g/mol. The lowest BCUT2D eigenvalue weighted by atomic mass is 9.77. The molecule has 3 atom stereocenters. The van der Waals surface area contributed by atoms with Gasteiger partial charge in [-0.3, -0.25) is 19.2 Å². The van der Waals surface area contributed by atoms with Crippen LogP contribution in [0.15, 0.2) is 72.8 Å². The number of carbonyl (C=O) groups excluding carboxylic acids is 4. The summed E-state index contributed by atoms with van der Waals surface area (Å²) in [5.41, 5.74) is 0.311. The quantitative estimate of drug-likeness (QED) is 0.412. The van der Waals surface area contributed by atoms with E-state index < -0.39 is 46.9 Å². The smallest absolute Gasteiger partial charge is 0.241 e. The summed E-state index contributed by atoms with van der Waals surface area (Å²) < 4.78 is 11.8. The number of rotatable bonds is 4. The Kier molecular flexibility index (Phi) is 4.95. The fourth-order valence-electron chi connectivity index (χ4n) is 5.69. The van der Waals surface area contributed by atoms with E-state index in [1.54, 1.807) is 60.7 Å². The number of benzene rings is 3. The molecule has 3 aromatic rings. The first-order chi connectivity index (χ1) is 17.4. The van der Waals surface area contributed by atoms with Crippen molar-refractivity contribution < 1.29 is 28.7 Å². The third-order valence-corrected chi connectivity index (χ3v) is 7.33. The number of imide groups is 1. The summed E-state index contributed by atoms with van der Waals surface area (Å²) in [6, 6.07) is 20.4. The fourth-order valence-corrected chi connectivity index (χ4v) is 5.69. The van der Waals surface area contributed by atoms with Crippen LogP contribution < -0.4 is 9.64 Å². The van der Waals surface area contributed by atoms with Crippen molar-refractivity contribution in [2.45, 2.75) is 25.6 Å². The Morgan fingerprint density at radius 1 is 0.833 bits per heavy atom. The van der Waals surface area contributed by atoms with E-state index in [1.165, 1.54) is 0 Å². The number of ether oxygens (including phenoxy) is 2. The van der Waals surface area contributed by atoms with Crippen molar-refractivity contribution in [1.82, 2.24) is 0 Å². The summed E-state index contributed by atoms with van der Waals surface area (Å²) in [5.74, 6) is -3.88. The molecule has 2 fully saturated rings. The molecule has 2 heterocycles. The summed E-state index contributed by atoms with van der Waals surface area (Å²) in [6.07, 6.45) is -0.959. The van der Waals surface area contributed by atoms with Gasteiger partial charge in [-0.25, -0.2) is 4.90 Å². The minimum absolute atomic E-state index is 0.211. The number of carbonyl (C=O) groups is 4. The van der Waals surface area contributed by atoms with Crippen LogP contribution >= 0.6 is 0 Å². The number of hydrogen-bond donors (Lipinski definition) is 0. The Morgan fingerprint density at radius 3 is 2.03 bits per heavy atom. The van der Waals surface area contributed by atoms with Crippen molar-refractivity contribution in [2.24, 2.45) is 11.8 Å². The van der Waals surface area contributed by atoms with Gasteiger partial charge in [-0.2, -0.15) is 0 Å². The minimum atomic E-state index is -2.08. The van der Waals surface area contributed by atoms with Gasteiger partial charge >= 0.3 is 0 Å². The van der Waals surface area contributed by atoms with Crippen LogP contribution in [0.4, 0.5) is 5.69 Å². The second-order valence-corrected chi connectivity index (χ2v) is 9.33. The zero-order chi connectivity index (χ0) is 25.2. The average Bonchev–Trinajstić information content (AvgIpc) is 3.45. The molecular weight excluding hydrogens is 458 g/mol. The van der Waals surface area contributed by atoms with E-state index in [9.17, 15) is 19.2 Å². The van der Waals surface area contributed by atoms with E-state index in [4.69, 9.17) is 9.47 Å². The van der Waals surface area contributed by atoms with Crippen LogP contribution in [0.2, 0.25) is 0 Å². The van der Waals surface area contributed by atoms with Crippen LogP contribution in [0.5, 0.6) is 5.75 Å². The number of hydrogen-bond acceptors (Lipinski definition) is 6. The molecule has 0 radical (unpaired) electrons. The van der Waals surface area contributed by atoms with Gasteiger partial charge in [-0.1, -0.05) is 54.1 Å². The van der Waals surface area contributed by atoms with Crippen LogP contribution in [0.3, 0.4) is 0 Å². The monoisotopic (exact) mass is 481 g/mol. The number of ketones is 2. The predicted octanol–water partition coefficient (Wildman–Crippen LogP) is 4.09. The molecule has 7 heteroatoms. The standard InChI is InChI=1S/C29H23NO6/c1-3-35-19-14-10-17(11-15-19)24-22-23(28(34)30(27(22)33)18-12-8-16(2)9-13-18)29(36-24)25(31)20-6-4-5-7-21(20)26(29)32/h4-15,22-24H,3H2,1-2H3. The molecule has 0 aromatic heterocycles. The lowest BCUT2D eigenvalue weighted by Crippen LogP contribution is -2.51. The van der Waals surface area contributed by atoms with Gasteiger partial charge in [0.1, 0.15) is 5.75 Å². The highest BCUT2D eigenvalue weighted by atomic mass is 16.5. The number of Topliss-reactive ketones (excluding diaryl/α,β-unsaturated/α-hetero) is 2. The van der Waals surface area contributed by atoms with Crippen molar-refractivity contribution in [3.05, 3.63) is 95.1 Å². The van der Waals surface area contributed by atoms with Gasteiger partial charge in [-0.15, -0.1) is 0 Å². The number of fused-ring (bicyclic) bond motifs is 3. The number of aryl methyl sites for hydroxylation is 1. The largest absolute Gasteiger partial charge is 0.494 e. The molecule has 36 heavy (non-hydrogen) atoms. The van der Waals surface area contributed by atoms with Gasteiger partial charge in [0.15, 0.2) is 0 Å². The molecule has 3 unspecified atom stereocenters. The molecule has 2 aliphatic heterocycles. The number of anilines is 1. The Labute approximate surface area is 207 Å². The van der Waals surface area contributed by atoms with Gasteiger partial charge < -0.3 is 9.47 Å². The Hall–Kier alpha value is -4.10. The molecule has 2 amide bonds. The molecule has 7 nitrogen and oxygen atoms in total. The highest BCUT2D eigenvalue weighted by Crippen LogP contribution is 2.57. The van der Waals surface area contributed by atoms with Crippen molar-refractivity contribution in [1.29, 1.82) is 0 Å². The van der Waals surface area contributed by atoms with Gasteiger partial charge in [0.2, 0.25) is 29.0 Å². The maximum absolute atomic E-state index is 13.9. The van der Waals surface area contributed by atoms with Crippen molar-refractivity contribution in [3.8, 4) is 5.75 Å². The van der Waals surface area contributed by atoms with Gasteiger partial charge in [-0.05, 0) is 43.7 Å².